The molecule has 53 heavy (non-hydrogen) atoms. The summed E-state index contributed by atoms with van der Waals surface area (Å²) < 4.78 is 2.75. The van der Waals surface area contributed by atoms with Crippen molar-refractivity contribution >= 4 is 40.7 Å². The van der Waals surface area contributed by atoms with Gasteiger partial charge in [0.15, 0.2) is 28.8 Å². The predicted molar refractivity (Wildman–Crippen MR) is 199 cm³/mol. The SMILES string of the molecule is CC(=N)N.CC(=O)C(C)=O.CC(=O)c1nc(C)[nH]c(=O)c1C.CC(=O)c1nc(C)n(C)c(=O)c1C.CCC(C)=O.Cc1c(C(=O)O)nc(C)n(C)c1=O. The first-order valence-corrected chi connectivity index (χ1v) is 15.8. The second kappa shape index (κ2) is 24.2. The van der Waals surface area contributed by atoms with Crippen molar-refractivity contribution in [1.82, 2.24) is 29.1 Å². The van der Waals surface area contributed by atoms with Crippen LogP contribution in [0.3, 0.4) is 0 Å². The Morgan fingerprint density at radius 1 is 0.660 bits per heavy atom. The van der Waals surface area contributed by atoms with Crippen molar-refractivity contribution in [1.29, 1.82) is 5.41 Å². The van der Waals surface area contributed by atoms with Gasteiger partial charge in [-0.1, -0.05) is 6.92 Å². The van der Waals surface area contributed by atoms with Crippen LogP contribution in [-0.4, -0.2) is 74.9 Å². The molecule has 0 amide bonds. The Kier molecular flexibility index (Phi) is 23.4. The second-order valence-electron chi connectivity index (χ2n) is 11.4. The third-order valence-corrected chi connectivity index (χ3v) is 6.61. The third kappa shape index (κ3) is 19.2. The molecular formula is C35H52N8O10. The van der Waals surface area contributed by atoms with Crippen LogP contribution in [0.2, 0.25) is 0 Å². The number of hydrogen-bond acceptors (Lipinski definition) is 13. The van der Waals surface area contributed by atoms with Crippen LogP contribution < -0.4 is 22.4 Å². The molecule has 292 valence electrons. The quantitative estimate of drug-likeness (QED) is 0.126. The van der Waals surface area contributed by atoms with Crippen LogP contribution in [0.4, 0.5) is 0 Å². The fourth-order valence-electron chi connectivity index (χ4n) is 3.18. The molecule has 0 saturated carbocycles. The van der Waals surface area contributed by atoms with Crippen molar-refractivity contribution in [3.05, 3.63) is 82.3 Å². The van der Waals surface area contributed by atoms with Crippen LogP contribution >= 0.6 is 0 Å². The molecular weight excluding hydrogens is 692 g/mol. The highest BCUT2D eigenvalue weighted by atomic mass is 16.4. The molecule has 0 aliphatic heterocycles. The van der Waals surface area contributed by atoms with Crippen LogP contribution in [-0.2, 0) is 28.5 Å². The maximum Gasteiger partial charge on any atom is 0.355 e. The Labute approximate surface area is 307 Å². The lowest BCUT2D eigenvalue weighted by atomic mass is 10.2. The maximum absolute atomic E-state index is 11.5. The molecule has 3 rings (SSSR count). The summed E-state index contributed by atoms with van der Waals surface area (Å²) in [6, 6.07) is 0. The molecule has 0 fully saturated rings. The maximum atomic E-state index is 11.5. The van der Waals surface area contributed by atoms with E-state index in [1.54, 1.807) is 55.6 Å². The highest BCUT2D eigenvalue weighted by molar-refractivity contribution is 6.35. The van der Waals surface area contributed by atoms with Gasteiger partial charge in [0.05, 0.1) is 5.84 Å². The van der Waals surface area contributed by atoms with Gasteiger partial charge in [0.2, 0.25) is 0 Å². The fraction of sp³-hybridized carbons (Fsp3) is 0.457. The van der Waals surface area contributed by atoms with E-state index < -0.39 is 5.97 Å². The second-order valence-corrected chi connectivity index (χ2v) is 11.4. The summed E-state index contributed by atoms with van der Waals surface area (Å²) in [7, 11) is 3.20. The van der Waals surface area contributed by atoms with Crippen LogP contribution in [0, 0.1) is 47.0 Å². The number of H-pyrrole nitrogens is 1. The summed E-state index contributed by atoms with van der Waals surface area (Å²) in [5.41, 5.74) is 5.32. The number of aryl methyl sites for hydroxylation is 3. The molecule has 18 nitrogen and oxygen atoms in total. The average Bonchev–Trinajstić information content (AvgIpc) is 3.04. The lowest BCUT2D eigenvalue weighted by Gasteiger charge is -2.06. The minimum atomic E-state index is -1.17. The Bertz CT molecular complexity index is 1920. The lowest BCUT2D eigenvalue weighted by molar-refractivity contribution is -0.134. The minimum absolute atomic E-state index is 0.155. The molecule has 0 aliphatic carbocycles. The van der Waals surface area contributed by atoms with Gasteiger partial charge in [-0.25, -0.2) is 19.7 Å². The van der Waals surface area contributed by atoms with E-state index in [2.05, 4.69) is 19.9 Å². The van der Waals surface area contributed by atoms with Crippen molar-refractivity contribution in [2.45, 2.75) is 96.4 Å². The van der Waals surface area contributed by atoms with Crippen LogP contribution in [0.5, 0.6) is 0 Å². The van der Waals surface area contributed by atoms with E-state index in [-0.39, 0.29) is 74.1 Å². The van der Waals surface area contributed by atoms with Gasteiger partial charge in [0.25, 0.3) is 16.7 Å². The number of carboxylic acid groups (broad SMARTS) is 1. The summed E-state index contributed by atoms with van der Waals surface area (Å²) in [5, 5.41) is 15.0. The number of nitrogens with two attached hydrogens (primary N) is 1. The summed E-state index contributed by atoms with van der Waals surface area (Å²) in [6.45, 7) is 19.9. The van der Waals surface area contributed by atoms with Crippen LogP contribution in [0.25, 0.3) is 0 Å². The Hall–Kier alpha value is -6.07. The van der Waals surface area contributed by atoms with Gasteiger partial charge in [0.1, 0.15) is 34.6 Å². The van der Waals surface area contributed by atoms with Gasteiger partial charge < -0.3 is 20.6 Å². The van der Waals surface area contributed by atoms with E-state index >= 15 is 0 Å². The fourth-order valence-corrected chi connectivity index (χ4v) is 3.18. The number of nitrogens with zero attached hydrogens (tertiary/aromatic N) is 5. The molecule has 0 aromatic carbocycles. The van der Waals surface area contributed by atoms with Crippen LogP contribution in [0.15, 0.2) is 14.4 Å². The standard InChI is InChI=1S/C9H12N2O2.C8H10N2O3.C8H10N2O2.C4H6O2.C4H8O.C2H6N2/c1-5-8(6(2)12)10-7(3)11(4)9(5)13;1-4-6(8(12)13)9-5(2)10(3)7(4)11;1-4-7(5(2)11)9-6(3)10-8(4)12;1-3(5)4(2)6;1-3-4(2)5;1-2(3)4/h1-4H3;1-3H3,(H,12,13);1-3H3,(H,9,10,12);1-2H3;3H2,1-2H3;1H3,(H3,3,4). The topological polar surface area (TPSA) is 288 Å². The smallest absolute Gasteiger partial charge is 0.355 e. The number of hydrogen-bond donors (Lipinski definition) is 4. The number of carboxylic acids is 1. The predicted octanol–water partition coefficient (Wildman–Crippen LogP) is 2.38. The number of aromatic carboxylic acids is 1. The number of aromatic nitrogens is 6. The van der Waals surface area contributed by atoms with Crippen molar-refractivity contribution in [2.75, 3.05) is 0 Å². The number of ketones is 5. The van der Waals surface area contributed by atoms with E-state index in [9.17, 15) is 43.2 Å². The molecule has 0 saturated heterocycles. The Morgan fingerprint density at radius 2 is 0.962 bits per heavy atom. The summed E-state index contributed by atoms with van der Waals surface area (Å²) in [5.74, 6) is -0.432. The summed E-state index contributed by atoms with van der Waals surface area (Å²) in [6.07, 6.45) is 0.667. The van der Waals surface area contributed by atoms with E-state index in [1.165, 1.54) is 50.7 Å². The zero-order valence-corrected chi connectivity index (χ0v) is 33.1. The highest BCUT2D eigenvalue weighted by Gasteiger charge is 2.14. The number of nitrogens with one attached hydrogen (secondary N) is 2. The molecule has 0 atom stereocenters. The molecule has 3 aromatic rings. The average molecular weight is 745 g/mol. The van der Waals surface area contributed by atoms with Crippen LogP contribution in [0.1, 0.15) is 121 Å². The number of amidine groups is 1. The van der Waals surface area contributed by atoms with Gasteiger partial charge >= 0.3 is 5.97 Å². The van der Waals surface area contributed by atoms with Gasteiger partial charge in [-0.3, -0.25) is 48.1 Å². The first kappa shape index (κ1) is 51.3. The van der Waals surface area contributed by atoms with Crippen molar-refractivity contribution in [3.8, 4) is 0 Å². The molecule has 0 bridgehead atoms. The first-order valence-electron chi connectivity index (χ1n) is 15.8. The zero-order valence-electron chi connectivity index (χ0n) is 33.1. The van der Waals surface area contributed by atoms with E-state index in [0.29, 0.717) is 35.0 Å². The minimum Gasteiger partial charge on any atom is -0.476 e. The molecule has 0 spiro atoms. The molecule has 0 radical (unpaired) electrons. The number of carbonyl (C=O) groups excluding carboxylic acids is 5. The molecule has 0 unspecified atom stereocenters. The molecule has 5 N–H and O–H groups in total. The Morgan fingerprint density at radius 3 is 1.25 bits per heavy atom. The van der Waals surface area contributed by atoms with E-state index in [1.807, 2.05) is 6.92 Å². The van der Waals surface area contributed by atoms with Crippen molar-refractivity contribution in [3.63, 3.8) is 0 Å². The lowest BCUT2D eigenvalue weighted by Crippen LogP contribution is -2.26. The molecule has 18 heteroatoms. The molecule has 0 aliphatic rings. The summed E-state index contributed by atoms with van der Waals surface area (Å²) >= 11 is 0. The zero-order chi connectivity index (χ0) is 42.7. The number of carbonyl (C=O) groups is 6. The number of aromatic amines is 1. The molecule has 3 aromatic heterocycles. The van der Waals surface area contributed by atoms with E-state index in [4.69, 9.17) is 16.2 Å². The van der Waals surface area contributed by atoms with Gasteiger partial charge in [-0.2, -0.15) is 0 Å². The van der Waals surface area contributed by atoms with Gasteiger partial charge in [0, 0.05) is 64.9 Å². The normalized spacial score (nSPS) is 9.26. The van der Waals surface area contributed by atoms with Gasteiger partial charge in [-0.05, 0) is 55.4 Å². The first-order chi connectivity index (χ1) is 24.1. The summed E-state index contributed by atoms with van der Waals surface area (Å²) in [4.78, 5) is 110. The largest absolute Gasteiger partial charge is 0.476 e. The van der Waals surface area contributed by atoms with Crippen molar-refractivity contribution in [2.24, 2.45) is 19.8 Å². The van der Waals surface area contributed by atoms with Crippen molar-refractivity contribution < 1.29 is 33.9 Å². The van der Waals surface area contributed by atoms with E-state index in [0.717, 1.165) is 0 Å². The monoisotopic (exact) mass is 744 g/mol. The number of rotatable bonds is 5. The molecule has 3 heterocycles. The third-order valence-electron chi connectivity index (χ3n) is 6.61. The van der Waals surface area contributed by atoms with Gasteiger partial charge in [-0.15, -0.1) is 0 Å². The Balaban J connectivity index is -0.000000597. The highest BCUT2D eigenvalue weighted by Crippen LogP contribution is 2.02. The number of Topliss-reactive ketones (excluding diaryl/α,β-unsaturated/α-hetero) is 5.